The Morgan fingerprint density at radius 1 is 1.67 bits per heavy atom. The molecule has 0 saturated carbocycles. The van der Waals surface area contributed by atoms with Crippen LogP contribution in [-0.4, -0.2) is 43.9 Å². The molecule has 1 saturated heterocycles. The number of rotatable bonds is 6. The van der Waals surface area contributed by atoms with Crippen molar-refractivity contribution in [2.45, 2.75) is 19.4 Å². The zero-order valence-corrected chi connectivity index (χ0v) is 8.25. The SMILES string of the molecule is C=CC[N+](C)(CCC)CC1CO1. The summed E-state index contributed by atoms with van der Waals surface area (Å²) in [6, 6.07) is 0. The molecule has 1 aliphatic rings. The van der Waals surface area contributed by atoms with Gasteiger partial charge in [0.25, 0.3) is 0 Å². The van der Waals surface area contributed by atoms with Gasteiger partial charge in [-0.05, 0) is 12.5 Å². The van der Waals surface area contributed by atoms with Crippen molar-refractivity contribution >= 4 is 0 Å². The van der Waals surface area contributed by atoms with Crippen LogP contribution in [-0.2, 0) is 4.74 Å². The first-order valence-electron chi connectivity index (χ1n) is 4.76. The first-order chi connectivity index (χ1) is 5.70. The molecule has 1 aliphatic heterocycles. The fourth-order valence-electron chi connectivity index (χ4n) is 1.77. The van der Waals surface area contributed by atoms with Gasteiger partial charge in [-0.1, -0.05) is 13.5 Å². The summed E-state index contributed by atoms with van der Waals surface area (Å²) in [6.45, 7) is 10.4. The normalized spacial score (nSPS) is 26.3. The molecule has 2 unspecified atom stereocenters. The van der Waals surface area contributed by atoms with Crippen molar-refractivity contribution in [3.63, 3.8) is 0 Å². The van der Waals surface area contributed by atoms with Crippen LogP contribution in [0.5, 0.6) is 0 Å². The van der Waals surface area contributed by atoms with Crippen molar-refractivity contribution in [2.24, 2.45) is 0 Å². The Labute approximate surface area is 75.4 Å². The van der Waals surface area contributed by atoms with Crippen LogP contribution >= 0.6 is 0 Å². The number of likely N-dealkylation sites (N-methyl/N-ethyl adjacent to an activating group) is 1. The molecule has 0 radical (unpaired) electrons. The van der Waals surface area contributed by atoms with E-state index in [1.165, 1.54) is 13.0 Å². The average molecular weight is 170 g/mol. The Balaban J connectivity index is 2.37. The molecule has 1 fully saturated rings. The first-order valence-corrected chi connectivity index (χ1v) is 4.76. The molecule has 70 valence electrons. The van der Waals surface area contributed by atoms with E-state index in [4.69, 9.17) is 4.74 Å². The van der Waals surface area contributed by atoms with Crippen molar-refractivity contribution in [2.75, 3.05) is 33.3 Å². The molecule has 0 amide bonds. The summed E-state index contributed by atoms with van der Waals surface area (Å²) in [6.07, 6.45) is 3.77. The van der Waals surface area contributed by atoms with E-state index >= 15 is 0 Å². The molecule has 0 N–H and O–H groups in total. The second-order valence-corrected chi connectivity index (χ2v) is 3.95. The third kappa shape index (κ3) is 2.95. The fraction of sp³-hybridized carbons (Fsp3) is 0.800. The van der Waals surface area contributed by atoms with Crippen molar-refractivity contribution in [1.29, 1.82) is 0 Å². The van der Waals surface area contributed by atoms with Gasteiger partial charge in [-0.2, -0.15) is 0 Å². The molecule has 1 rings (SSSR count). The second-order valence-electron chi connectivity index (χ2n) is 3.95. The molecule has 0 aromatic rings. The molecule has 2 nitrogen and oxygen atoms in total. The van der Waals surface area contributed by atoms with E-state index in [0.29, 0.717) is 6.10 Å². The van der Waals surface area contributed by atoms with Gasteiger partial charge >= 0.3 is 0 Å². The molecule has 1 heterocycles. The quantitative estimate of drug-likeness (QED) is 0.334. The predicted molar refractivity (Wildman–Crippen MR) is 51.0 cm³/mol. The molecular weight excluding hydrogens is 150 g/mol. The van der Waals surface area contributed by atoms with Crippen LogP contribution in [0.1, 0.15) is 13.3 Å². The summed E-state index contributed by atoms with van der Waals surface area (Å²) in [5.74, 6) is 0. The maximum atomic E-state index is 5.25. The first kappa shape index (κ1) is 9.75. The molecule has 12 heavy (non-hydrogen) atoms. The maximum absolute atomic E-state index is 5.25. The molecule has 0 spiro atoms. The molecule has 0 aromatic carbocycles. The summed E-state index contributed by atoms with van der Waals surface area (Å²) < 4.78 is 6.33. The summed E-state index contributed by atoms with van der Waals surface area (Å²) >= 11 is 0. The van der Waals surface area contributed by atoms with Gasteiger partial charge in [0.1, 0.15) is 12.6 Å². The Morgan fingerprint density at radius 2 is 2.33 bits per heavy atom. The third-order valence-corrected chi connectivity index (χ3v) is 2.38. The van der Waals surface area contributed by atoms with Crippen molar-refractivity contribution in [3.05, 3.63) is 12.7 Å². The van der Waals surface area contributed by atoms with E-state index < -0.39 is 0 Å². The smallest absolute Gasteiger partial charge is 0.130 e. The van der Waals surface area contributed by atoms with Crippen LogP contribution < -0.4 is 0 Å². The molecule has 2 heteroatoms. The Morgan fingerprint density at radius 3 is 2.75 bits per heavy atom. The number of epoxide rings is 1. The standard InChI is InChI=1S/C10H20NO/c1-4-6-11(3,7-5-2)8-10-9-12-10/h4,10H,1,5-9H2,2-3H3/q+1. The van der Waals surface area contributed by atoms with Gasteiger partial charge in [-0.3, -0.25) is 0 Å². The highest BCUT2D eigenvalue weighted by Crippen LogP contribution is 2.16. The number of ether oxygens (including phenoxy) is 1. The van der Waals surface area contributed by atoms with Crippen LogP contribution in [0.4, 0.5) is 0 Å². The number of hydrogen-bond donors (Lipinski definition) is 0. The maximum Gasteiger partial charge on any atom is 0.130 e. The zero-order chi connectivity index (χ0) is 9.03. The molecule has 0 aliphatic carbocycles. The largest absolute Gasteiger partial charge is 0.367 e. The van der Waals surface area contributed by atoms with Gasteiger partial charge in [0.15, 0.2) is 0 Å². The molecular formula is C10H20NO+. The van der Waals surface area contributed by atoms with Crippen molar-refractivity contribution in [1.82, 2.24) is 0 Å². The minimum Gasteiger partial charge on any atom is -0.367 e. The van der Waals surface area contributed by atoms with E-state index in [1.54, 1.807) is 0 Å². The minimum atomic E-state index is 0.529. The monoisotopic (exact) mass is 170 g/mol. The van der Waals surface area contributed by atoms with Crippen LogP contribution in [0, 0.1) is 0 Å². The molecule has 0 aromatic heterocycles. The lowest BCUT2D eigenvalue weighted by molar-refractivity contribution is -0.904. The van der Waals surface area contributed by atoms with Gasteiger partial charge in [0, 0.05) is 0 Å². The van der Waals surface area contributed by atoms with Crippen LogP contribution in [0.3, 0.4) is 0 Å². The third-order valence-electron chi connectivity index (χ3n) is 2.38. The van der Waals surface area contributed by atoms with Crippen LogP contribution in [0.15, 0.2) is 12.7 Å². The Bertz CT molecular complexity index is 154. The average Bonchev–Trinajstić information content (AvgIpc) is 2.72. The summed E-state index contributed by atoms with van der Waals surface area (Å²) in [5.41, 5.74) is 0. The number of hydrogen-bond acceptors (Lipinski definition) is 1. The topological polar surface area (TPSA) is 12.5 Å². The fourth-order valence-corrected chi connectivity index (χ4v) is 1.77. The van der Waals surface area contributed by atoms with E-state index in [1.807, 2.05) is 6.08 Å². The lowest BCUT2D eigenvalue weighted by Gasteiger charge is -2.32. The molecule has 2 atom stereocenters. The van der Waals surface area contributed by atoms with Gasteiger partial charge in [-0.25, -0.2) is 0 Å². The minimum absolute atomic E-state index is 0.529. The lowest BCUT2D eigenvalue weighted by Crippen LogP contribution is -2.47. The van der Waals surface area contributed by atoms with Crippen LogP contribution in [0.2, 0.25) is 0 Å². The van der Waals surface area contributed by atoms with Crippen molar-refractivity contribution in [3.8, 4) is 0 Å². The lowest BCUT2D eigenvalue weighted by atomic mass is 10.3. The van der Waals surface area contributed by atoms with E-state index in [2.05, 4.69) is 20.6 Å². The summed E-state index contributed by atoms with van der Waals surface area (Å²) in [5, 5.41) is 0. The Kier molecular flexibility index (Phi) is 3.29. The summed E-state index contributed by atoms with van der Waals surface area (Å²) in [4.78, 5) is 0. The van der Waals surface area contributed by atoms with Gasteiger partial charge in [-0.15, -0.1) is 0 Å². The van der Waals surface area contributed by atoms with Gasteiger partial charge in [0.2, 0.25) is 0 Å². The second kappa shape index (κ2) is 4.06. The Hall–Kier alpha value is -0.340. The van der Waals surface area contributed by atoms with E-state index in [-0.39, 0.29) is 0 Å². The van der Waals surface area contributed by atoms with Gasteiger partial charge in [0.05, 0.1) is 26.7 Å². The highest BCUT2D eigenvalue weighted by Gasteiger charge is 2.32. The summed E-state index contributed by atoms with van der Waals surface area (Å²) in [7, 11) is 2.28. The van der Waals surface area contributed by atoms with Gasteiger partial charge < -0.3 is 9.22 Å². The highest BCUT2D eigenvalue weighted by molar-refractivity contribution is 4.71. The number of quaternary nitrogens is 1. The number of nitrogens with zero attached hydrogens (tertiary/aromatic N) is 1. The van der Waals surface area contributed by atoms with E-state index in [9.17, 15) is 0 Å². The zero-order valence-electron chi connectivity index (χ0n) is 8.25. The van der Waals surface area contributed by atoms with Crippen LogP contribution in [0.25, 0.3) is 0 Å². The molecule has 0 bridgehead atoms. The van der Waals surface area contributed by atoms with Crippen molar-refractivity contribution < 1.29 is 9.22 Å². The predicted octanol–water partition coefficient (Wildman–Crippen LogP) is 1.43. The highest BCUT2D eigenvalue weighted by atomic mass is 16.6. The van der Waals surface area contributed by atoms with E-state index in [0.717, 1.165) is 24.2 Å².